The first-order valence-electron chi connectivity index (χ1n) is 10.1. The van der Waals surface area contributed by atoms with Crippen LogP contribution in [0.5, 0.6) is 11.5 Å². The van der Waals surface area contributed by atoms with Gasteiger partial charge in [0.1, 0.15) is 0 Å². The van der Waals surface area contributed by atoms with E-state index in [4.69, 9.17) is 9.47 Å². The minimum absolute atomic E-state index is 0.0197. The molecule has 6 heteroatoms. The zero-order valence-corrected chi connectivity index (χ0v) is 18.4. The summed E-state index contributed by atoms with van der Waals surface area (Å²) >= 11 is 1.72. The van der Waals surface area contributed by atoms with Gasteiger partial charge in [-0.3, -0.25) is 4.79 Å². The van der Waals surface area contributed by atoms with Gasteiger partial charge in [0.15, 0.2) is 11.5 Å². The number of carbonyl (C=O) groups excluding carboxylic acids is 1. The number of methoxy groups -OCH3 is 2. The Bertz CT molecular complexity index is 1150. The van der Waals surface area contributed by atoms with Gasteiger partial charge in [-0.1, -0.05) is 30.3 Å². The molecule has 5 nitrogen and oxygen atoms in total. The van der Waals surface area contributed by atoms with Gasteiger partial charge in [-0.2, -0.15) is 0 Å². The van der Waals surface area contributed by atoms with Crippen LogP contribution in [0.3, 0.4) is 0 Å². The van der Waals surface area contributed by atoms with E-state index in [-0.39, 0.29) is 5.91 Å². The summed E-state index contributed by atoms with van der Waals surface area (Å²) in [5.41, 5.74) is 4.03. The second-order valence-electron chi connectivity index (χ2n) is 7.19. The van der Waals surface area contributed by atoms with Gasteiger partial charge in [-0.05, 0) is 53.9 Å². The molecule has 1 aromatic heterocycles. The fraction of sp³-hybridized carbons (Fsp3) is 0.200. The van der Waals surface area contributed by atoms with Crippen LogP contribution in [0.15, 0.2) is 66.7 Å². The summed E-state index contributed by atoms with van der Waals surface area (Å²) in [7, 11) is 3.21. The number of hydrogen-bond donors (Lipinski definition) is 1. The predicted molar refractivity (Wildman–Crippen MR) is 125 cm³/mol. The Labute approximate surface area is 185 Å². The van der Waals surface area contributed by atoms with E-state index in [1.54, 1.807) is 25.6 Å². The van der Waals surface area contributed by atoms with E-state index in [0.29, 0.717) is 24.3 Å². The van der Waals surface area contributed by atoms with Crippen molar-refractivity contribution in [2.45, 2.75) is 19.3 Å². The number of benzene rings is 3. The third kappa shape index (κ3) is 5.22. The molecule has 31 heavy (non-hydrogen) atoms. The maximum absolute atomic E-state index is 12.4. The first kappa shape index (κ1) is 20.9. The Morgan fingerprint density at radius 1 is 0.935 bits per heavy atom. The lowest BCUT2D eigenvalue weighted by Crippen LogP contribution is -2.12. The van der Waals surface area contributed by atoms with Crippen LogP contribution in [0, 0.1) is 0 Å². The van der Waals surface area contributed by atoms with E-state index in [9.17, 15) is 4.79 Å². The Balaban J connectivity index is 1.31. The van der Waals surface area contributed by atoms with Crippen molar-refractivity contribution in [2.24, 2.45) is 0 Å². The second-order valence-corrected chi connectivity index (χ2v) is 8.30. The number of aryl methyl sites for hydroxylation is 1. The monoisotopic (exact) mass is 432 g/mol. The second kappa shape index (κ2) is 9.62. The summed E-state index contributed by atoms with van der Waals surface area (Å²) in [6.07, 6.45) is 1.80. The third-order valence-corrected chi connectivity index (χ3v) is 6.06. The van der Waals surface area contributed by atoms with E-state index in [0.717, 1.165) is 28.2 Å². The molecular weight excluding hydrogens is 408 g/mol. The molecule has 0 aliphatic rings. The van der Waals surface area contributed by atoms with Gasteiger partial charge in [0.05, 0.1) is 29.4 Å². The van der Waals surface area contributed by atoms with Crippen LogP contribution in [-0.2, 0) is 17.6 Å². The number of carbonyl (C=O) groups is 1. The molecular formula is C25H24N2O3S. The van der Waals surface area contributed by atoms with Crippen molar-refractivity contribution in [2.75, 3.05) is 19.5 Å². The maximum atomic E-state index is 12.4. The third-order valence-electron chi connectivity index (χ3n) is 5.02. The van der Waals surface area contributed by atoms with E-state index in [2.05, 4.69) is 16.4 Å². The molecule has 0 bridgehead atoms. The quantitative estimate of drug-likeness (QED) is 0.401. The van der Waals surface area contributed by atoms with Gasteiger partial charge >= 0.3 is 0 Å². The number of nitrogens with zero attached hydrogens (tertiary/aromatic N) is 1. The Kier molecular flexibility index (Phi) is 6.48. The molecule has 1 amide bonds. The number of para-hydroxylation sites is 1. The van der Waals surface area contributed by atoms with Gasteiger partial charge in [-0.25, -0.2) is 4.98 Å². The van der Waals surface area contributed by atoms with Crippen LogP contribution in [0.4, 0.5) is 5.69 Å². The van der Waals surface area contributed by atoms with Crippen LogP contribution >= 0.6 is 11.3 Å². The number of aromatic nitrogens is 1. The molecule has 0 radical (unpaired) electrons. The number of amides is 1. The minimum Gasteiger partial charge on any atom is -0.493 e. The molecule has 0 atom stereocenters. The van der Waals surface area contributed by atoms with Gasteiger partial charge in [0.2, 0.25) is 5.91 Å². The van der Waals surface area contributed by atoms with Crippen molar-refractivity contribution >= 4 is 33.1 Å². The molecule has 1 heterocycles. The lowest BCUT2D eigenvalue weighted by molar-refractivity contribution is -0.116. The standard InChI is InChI=1S/C25H24N2O3S/c1-29-21-13-9-17(15-22(21)30-2)10-14-24(28)26-19-11-7-18(8-12-19)16-25-27-20-5-3-4-6-23(20)31-25/h3-9,11-13,15H,10,14,16H2,1-2H3,(H,26,28). The van der Waals surface area contributed by atoms with Crippen molar-refractivity contribution in [3.05, 3.63) is 82.9 Å². The molecule has 0 aliphatic heterocycles. The van der Waals surface area contributed by atoms with Crippen LogP contribution < -0.4 is 14.8 Å². The number of thiazole rings is 1. The summed E-state index contributed by atoms with van der Waals surface area (Å²) in [6.45, 7) is 0. The first-order chi connectivity index (χ1) is 15.1. The van der Waals surface area contributed by atoms with Crippen molar-refractivity contribution in [1.82, 2.24) is 4.98 Å². The minimum atomic E-state index is -0.0197. The summed E-state index contributed by atoms with van der Waals surface area (Å²) < 4.78 is 11.8. The van der Waals surface area contributed by atoms with E-state index in [1.807, 2.05) is 60.7 Å². The molecule has 0 fully saturated rings. The summed E-state index contributed by atoms with van der Waals surface area (Å²) in [5, 5.41) is 4.06. The largest absolute Gasteiger partial charge is 0.493 e. The number of anilines is 1. The lowest BCUT2D eigenvalue weighted by Gasteiger charge is -2.10. The van der Waals surface area contributed by atoms with Crippen LogP contribution in [0.1, 0.15) is 22.6 Å². The zero-order chi connectivity index (χ0) is 21.6. The highest BCUT2D eigenvalue weighted by atomic mass is 32.1. The first-order valence-corrected chi connectivity index (χ1v) is 10.9. The highest BCUT2D eigenvalue weighted by Crippen LogP contribution is 2.28. The fourth-order valence-corrected chi connectivity index (χ4v) is 4.40. The molecule has 1 N–H and O–H groups in total. The molecule has 4 rings (SSSR count). The van der Waals surface area contributed by atoms with E-state index in [1.165, 1.54) is 10.3 Å². The highest BCUT2D eigenvalue weighted by molar-refractivity contribution is 7.18. The number of rotatable bonds is 8. The zero-order valence-electron chi connectivity index (χ0n) is 17.6. The Morgan fingerprint density at radius 2 is 1.68 bits per heavy atom. The van der Waals surface area contributed by atoms with Gasteiger partial charge in [0.25, 0.3) is 0 Å². The van der Waals surface area contributed by atoms with Crippen molar-refractivity contribution in [3.8, 4) is 11.5 Å². The van der Waals surface area contributed by atoms with Crippen LogP contribution in [0.2, 0.25) is 0 Å². The number of hydrogen-bond acceptors (Lipinski definition) is 5. The number of fused-ring (bicyclic) bond motifs is 1. The van der Waals surface area contributed by atoms with Crippen LogP contribution in [0.25, 0.3) is 10.2 Å². The molecule has 158 valence electrons. The molecule has 0 unspecified atom stereocenters. The van der Waals surface area contributed by atoms with E-state index < -0.39 is 0 Å². The smallest absolute Gasteiger partial charge is 0.224 e. The maximum Gasteiger partial charge on any atom is 0.224 e. The summed E-state index contributed by atoms with van der Waals surface area (Å²) in [6, 6.07) is 21.8. The Morgan fingerprint density at radius 3 is 2.42 bits per heavy atom. The predicted octanol–water partition coefficient (Wildman–Crippen LogP) is 5.48. The Hall–Kier alpha value is -3.38. The normalized spacial score (nSPS) is 10.8. The summed E-state index contributed by atoms with van der Waals surface area (Å²) in [4.78, 5) is 17.1. The average Bonchev–Trinajstić information content (AvgIpc) is 3.21. The van der Waals surface area contributed by atoms with Crippen molar-refractivity contribution in [3.63, 3.8) is 0 Å². The lowest BCUT2D eigenvalue weighted by atomic mass is 10.1. The molecule has 0 aliphatic carbocycles. The fourth-order valence-electron chi connectivity index (χ4n) is 3.39. The molecule has 0 saturated carbocycles. The molecule has 3 aromatic carbocycles. The SMILES string of the molecule is COc1ccc(CCC(=O)Nc2ccc(Cc3nc4ccccc4s3)cc2)cc1OC. The topological polar surface area (TPSA) is 60.5 Å². The van der Waals surface area contributed by atoms with Gasteiger partial charge in [0, 0.05) is 18.5 Å². The molecule has 0 saturated heterocycles. The highest BCUT2D eigenvalue weighted by Gasteiger charge is 2.08. The summed E-state index contributed by atoms with van der Waals surface area (Å²) in [5.74, 6) is 1.33. The van der Waals surface area contributed by atoms with Gasteiger partial charge in [-0.15, -0.1) is 11.3 Å². The van der Waals surface area contributed by atoms with Crippen molar-refractivity contribution < 1.29 is 14.3 Å². The number of nitrogens with one attached hydrogen (secondary N) is 1. The van der Waals surface area contributed by atoms with Crippen molar-refractivity contribution in [1.29, 1.82) is 0 Å². The number of ether oxygens (including phenoxy) is 2. The average molecular weight is 433 g/mol. The van der Waals surface area contributed by atoms with Crippen LogP contribution in [-0.4, -0.2) is 25.1 Å². The molecule has 0 spiro atoms. The van der Waals surface area contributed by atoms with Gasteiger partial charge < -0.3 is 14.8 Å². The van der Waals surface area contributed by atoms with E-state index >= 15 is 0 Å². The molecule has 4 aromatic rings.